The van der Waals surface area contributed by atoms with Crippen LogP contribution in [0.5, 0.6) is 0 Å². The van der Waals surface area contributed by atoms with Crippen molar-refractivity contribution in [3.63, 3.8) is 0 Å². The zero-order valence-electron chi connectivity index (χ0n) is 11.7. The number of para-hydroxylation sites is 1. The fraction of sp³-hybridized carbons (Fsp3) is 0.118. The van der Waals surface area contributed by atoms with Gasteiger partial charge in [0.05, 0.1) is 18.0 Å². The van der Waals surface area contributed by atoms with Gasteiger partial charge in [-0.2, -0.15) is 0 Å². The molecule has 1 heterocycles. The summed E-state index contributed by atoms with van der Waals surface area (Å²) in [6.07, 6.45) is 0. The van der Waals surface area contributed by atoms with E-state index in [1.807, 2.05) is 49.5 Å². The second kappa shape index (κ2) is 6.08. The molecule has 21 heavy (non-hydrogen) atoms. The van der Waals surface area contributed by atoms with Gasteiger partial charge in [0.25, 0.3) is 0 Å². The Bertz CT molecular complexity index is 803. The van der Waals surface area contributed by atoms with Gasteiger partial charge in [0.2, 0.25) is 0 Å². The van der Waals surface area contributed by atoms with Crippen molar-refractivity contribution in [2.24, 2.45) is 12.0 Å². The number of aliphatic hydroxyl groups excluding tert-OH is 1. The maximum atomic E-state index is 9.39. The highest BCUT2D eigenvalue weighted by Crippen LogP contribution is 2.21. The Hall–Kier alpha value is -2.17. The summed E-state index contributed by atoms with van der Waals surface area (Å²) in [7, 11) is 2.01. The number of nitrogens with zero attached hydrogens (tertiary/aromatic N) is 2. The standard InChI is InChI=1S/C17H16N2OS/c1-19-16(13-7-3-2-4-8-13)12-21-17(19)18-15-10-6-5-9-14(15)11-20/h2-10,12,20H,11H2,1H3. The van der Waals surface area contributed by atoms with Crippen LogP contribution in [0, 0.1) is 0 Å². The first-order valence-electron chi connectivity index (χ1n) is 6.73. The Morgan fingerprint density at radius 2 is 1.76 bits per heavy atom. The second-order valence-electron chi connectivity index (χ2n) is 4.73. The molecule has 3 rings (SSSR count). The van der Waals surface area contributed by atoms with Gasteiger partial charge in [0.15, 0.2) is 4.80 Å². The van der Waals surface area contributed by atoms with Crippen molar-refractivity contribution in [3.05, 3.63) is 70.3 Å². The Balaban J connectivity index is 2.09. The van der Waals surface area contributed by atoms with Gasteiger partial charge in [0.1, 0.15) is 0 Å². The third-order valence-electron chi connectivity index (χ3n) is 3.37. The summed E-state index contributed by atoms with van der Waals surface area (Å²) in [5, 5.41) is 11.5. The topological polar surface area (TPSA) is 37.5 Å². The third-order valence-corrected chi connectivity index (χ3v) is 4.29. The van der Waals surface area contributed by atoms with E-state index in [0.29, 0.717) is 0 Å². The Morgan fingerprint density at radius 1 is 1.05 bits per heavy atom. The molecule has 1 N–H and O–H groups in total. The molecule has 0 fully saturated rings. The smallest absolute Gasteiger partial charge is 0.190 e. The molecule has 0 aliphatic heterocycles. The molecule has 0 aliphatic rings. The molecule has 106 valence electrons. The summed E-state index contributed by atoms with van der Waals surface area (Å²) in [5.41, 5.74) is 3.97. The Labute approximate surface area is 127 Å². The minimum atomic E-state index is 0.000303. The molecule has 0 saturated heterocycles. The average molecular weight is 296 g/mol. The van der Waals surface area contributed by atoms with Crippen LogP contribution in [0.3, 0.4) is 0 Å². The van der Waals surface area contributed by atoms with Crippen LogP contribution >= 0.6 is 11.3 Å². The van der Waals surface area contributed by atoms with E-state index in [2.05, 4.69) is 27.1 Å². The van der Waals surface area contributed by atoms with Gasteiger partial charge in [-0.3, -0.25) is 0 Å². The summed E-state index contributed by atoms with van der Waals surface area (Å²) >= 11 is 1.60. The first kappa shape index (κ1) is 13.8. The third kappa shape index (κ3) is 2.82. The highest BCUT2D eigenvalue weighted by Gasteiger charge is 2.05. The average Bonchev–Trinajstić information content (AvgIpc) is 2.90. The van der Waals surface area contributed by atoms with Crippen LogP contribution in [0.15, 0.2) is 65.0 Å². The summed E-state index contributed by atoms with van der Waals surface area (Å²) < 4.78 is 2.08. The van der Waals surface area contributed by atoms with Gasteiger partial charge in [-0.05, 0) is 11.6 Å². The van der Waals surface area contributed by atoms with Crippen LogP contribution in [-0.2, 0) is 13.7 Å². The molecule has 0 radical (unpaired) electrons. The lowest BCUT2D eigenvalue weighted by Gasteiger charge is -2.03. The van der Waals surface area contributed by atoms with E-state index in [-0.39, 0.29) is 6.61 Å². The molecule has 0 spiro atoms. The van der Waals surface area contributed by atoms with Crippen molar-refractivity contribution in [2.75, 3.05) is 0 Å². The summed E-state index contributed by atoms with van der Waals surface area (Å²) in [6, 6.07) is 17.9. The quantitative estimate of drug-likeness (QED) is 0.789. The molecule has 0 bridgehead atoms. The number of aromatic nitrogens is 1. The number of thiazole rings is 1. The molecule has 0 aliphatic carbocycles. The van der Waals surface area contributed by atoms with E-state index in [4.69, 9.17) is 0 Å². The van der Waals surface area contributed by atoms with E-state index >= 15 is 0 Å². The lowest BCUT2D eigenvalue weighted by atomic mass is 10.2. The predicted octanol–water partition coefficient (Wildman–Crippen LogP) is 3.48. The largest absolute Gasteiger partial charge is 0.392 e. The molecule has 0 saturated carbocycles. The van der Waals surface area contributed by atoms with E-state index in [1.54, 1.807) is 11.3 Å². The van der Waals surface area contributed by atoms with Crippen molar-refractivity contribution in [1.29, 1.82) is 0 Å². The zero-order chi connectivity index (χ0) is 14.7. The molecule has 0 amide bonds. The fourth-order valence-corrected chi connectivity index (χ4v) is 3.12. The highest BCUT2D eigenvalue weighted by atomic mass is 32.1. The lowest BCUT2D eigenvalue weighted by molar-refractivity contribution is 0.282. The van der Waals surface area contributed by atoms with Gasteiger partial charge in [0, 0.05) is 18.0 Å². The first-order chi connectivity index (χ1) is 10.3. The first-order valence-corrected chi connectivity index (χ1v) is 7.61. The van der Waals surface area contributed by atoms with Crippen molar-refractivity contribution in [3.8, 4) is 11.3 Å². The van der Waals surface area contributed by atoms with Gasteiger partial charge in [-0.15, -0.1) is 11.3 Å². The highest BCUT2D eigenvalue weighted by molar-refractivity contribution is 7.07. The van der Waals surface area contributed by atoms with Gasteiger partial charge in [-0.25, -0.2) is 4.99 Å². The molecular formula is C17H16N2OS. The maximum absolute atomic E-state index is 9.39. The summed E-state index contributed by atoms with van der Waals surface area (Å²) in [6.45, 7) is 0.000303. The van der Waals surface area contributed by atoms with Crippen LogP contribution in [0.1, 0.15) is 5.56 Å². The Morgan fingerprint density at radius 3 is 2.52 bits per heavy atom. The number of aliphatic hydroxyl groups is 1. The normalized spacial score (nSPS) is 11.8. The zero-order valence-corrected chi connectivity index (χ0v) is 12.5. The van der Waals surface area contributed by atoms with E-state index < -0.39 is 0 Å². The molecule has 2 aromatic carbocycles. The van der Waals surface area contributed by atoms with E-state index in [9.17, 15) is 5.11 Å². The van der Waals surface area contributed by atoms with Gasteiger partial charge in [-0.1, -0.05) is 48.5 Å². The summed E-state index contributed by atoms with van der Waals surface area (Å²) in [5.74, 6) is 0. The molecular weight excluding hydrogens is 280 g/mol. The van der Waals surface area contributed by atoms with Crippen LogP contribution in [0.25, 0.3) is 11.3 Å². The lowest BCUT2D eigenvalue weighted by Crippen LogP contribution is -2.11. The molecule has 3 nitrogen and oxygen atoms in total. The van der Waals surface area contributed by atoms with Crippen molar-refractivity contribution in [1.82, 2.24) is 4.57 Å². The minimum absolute atomic E-state index is 0.000303. The molecule has 0 unspecified atom stereocenters. The number of hydrogen-bond donors (Lipinski definition) is 1. The monoisotopic (exact) mass is 296 g/mol. The predicted molar refractivity (Wildman–Crippen MR) is 86.3 cm³/mol. The number of rotatable bonds is 3. The molecule has 1 aromatic heterocycles. The second-order valence-corrected chi connectivity index (χ2v) is 5.56. The summed E-state index contributed by atoms with van der Waals surface area (Å²) in [4.78, 5) is 5.59. The van der Waals surface area contributed by atoms with E-state index in [0.717, 1.165) is 21.7 Å². The van der Waals surface area contributed by atoms with Crippen LogP contribution in [0.4, 0.5) is 5.69 Å². The SMILES string of the molecule is Cn1c(-c2ccccc2)csc1=Nc1ccccc1CO. The Kier molecular flexibility index (Phi) is 3.99. The molecule has 4 heteroatoms. The molecule has 3 aromatic rings. The van der Waals surface area contributed by atoms with Gasteiger partial charge < -0.3 is 9.67 Å². The fourth-order valence-electron chi connectivity index (χ4n) is 2.20. The van der Waals surface area contributed by atoms with Crippen molar-refractivity contribution < 1.29 is 5.11 Å². The maximum Gasteiger partial charge on any atom is 0.190 e. The van der Waals surface area contributed by atoms with Crippen LogP contribution in [-0.4, -0.2) is 9.67 Å². The van der Waals surface area contributed by atoms with Gasteiger partial charge >= 0.3 is 0 Å². The number of hydrogen-bond acceptors (Lipinski definition) is 3. The van der Waals surface area contributed by atoms with Crippen LogP contribution < -0.4 is 4.80 Å². The van der Waals surface area contributed by atoms with E-state index in [1.165, 1.54) is 5.56 Å². The number of benzene rings is 2. The minimum Gasteiger partial charge on any atom is -0.392 e. The van der Waals surface area contributed by atoms with Crippen molar-refractivity contribution in [2.45, 2.75) is 6.61 Å². The van der Waals surface area contributed by atoms with Crippen molar-refractivity contribution >= 4 is 17.0 Å². The molecule has 0 atom stereocenters. The van der Waals surface area contributed by atoms with Crippen LogP contribution in [0.2, 0.25) is 0 Å².